The Kier molecular flexibility index (Phi) is 4.20. The molecule has 1 aliphatic rings. The molecular weight excluding hydrogens is 300 g/mol. The van der Waals surface area contributed by atoms with Gasteiger partial charge in [0.15, 0.2) is 11.5 Å². The molecule has 1 N–H and O–H groups in total. The highest BCUT2D eigenvalue weighted by atomic mass is 32.2. The van der Waals surface area contributed by atoms with Crippen LogP contribution in [-0.4, -0.2) is 23.9 Å². The van der Waals surface area contributed by atoms with E-state index in [1.165, 1.54) is 11.8 Å². The maximum absolute atomic E-state index is 12.4. The Morgan fingerprint density at radius 3 is 2.95 bits per heavy atom. The summed E-state index contributed by atoms with van der Waals surface area (Å²) in [5.74, 6) is 1.31. The summed E-state index contributed by atoms with van der Waals surface area (Å²) in [6.07, 6.45) is 3.59. The van der Waals surface area contributed by atoms with Gasteiger partial charge in [0.2, 0.25) is 6.79 Å². The lowest BCUT2D eigenvalue weighted by Gasteiger charge is -2.15. The SMILES string of the molecule is CSc1ncccc1C(=O)N[C@@H](C)c1ccc2c(c1)OCO2. The van der Waals surface area contributed by atoms with Gasteiger partial charge in [-0.1, -0.05) is 6.07 Å². The van der Waals surface area contributed by atoms with Crippen molar-refractivity contribution in [1.82, 2.24) is 10.3 Å². The highest BCUT2D eigenvalue weighted by Crippen LogP contribution is 2.34. The number of nitrogens with zero attached hydrogens (tertiary/aromatic N) is 1. The van der Waals surface area contributed by atoms with Gasteiger partial charge in [0.25, 0.3) is 5.91 Å². The van der Waals surface area contributed by atoms with E-state index in [4.69, 9.17) is 9.47 Å². The number of amides is 1. The van der Waals surface area contributed by atoms with E-state index in [0.717, 1.165) is 16.3 Å². The normalized spacial score (nSPS) is 13.7. The van der Waals surface area contributed by atoms with Crippen LogP contribution in [0.2, 0.25) is 0 Å². The molecule has 1 amide bonds. The van der Waals surface area contributed by atoms with Crippen LogP contribution in [0, 0.1) is 0 Å². The monoisotopic (exact) mass is 316 g/mol. The first-order valence-corrected chi connectivity index (χ1v) is 8.11. The van der Waals surface area contributed by atoms with Crippen LogP contribution in [0.25, 0.3) is 0 Å². The predicted molar refractivity (Wildman–Crippen MR) is 84.5 cm³/mol. The molecule has 1 aromatic carbocycles. The van der Waals surface area contributed by atoms with E-state index >= 15 is 0 Å². The number of hydrogen-bond acceptors (Lipinski definition) is 5. The lowest BCUT2D eigenvalue weighted by molar-refractivity contribution is 0.0936. The number of fused-ring (bicyclic) bond motifs is 1. The number of carbonyl (C=O) groups is 1. The molecule has 1 aromatic heterocycles. The molecule has 1 atom stereocenters. The van der Waals surface area contributed by atoms with Crippen LogP contribution in [0.5, 0.6) is 11.5 Å². The molecule has 3 rings (SSSR count). The van der Waals surface area contributed by atoms with Crippen molar-refractivity contribution >= 4 is 17.7 Å². The van der Waals surface area contributed by atoms with Crippen LogP contribution < -0.4 is 14.8 Å². The molecule has 1 aliphatic heterocycles. The Hall–Kier alpha value is -2.21. The van der Waals surface area contributed by atoms with E-state index < -0.39 is 0 Å². The third kappa shape index (κ3) is 2.87. The topological polar surface area (TPSA) is 60.5 Å². The third-order valence-electron chi connectivity index (χ3n) is 3.45. The standard InChI is InChI=1S/C16H16N2O3S/c1-10(11-5-6-13-14(8-11)21-9-20-13)18-15(19)12-4-3-7-17-16(12)22-2/h3-8,10H,9H2,1-2H3,(H,18,19)/t10-/m0/s1. The summed E-state index contributed by atoms with van der Waals surface area (Å²) in [6, 6.07) is 9.08. The zero-order chi connectivity index (χ0) is 15.5. The summed E-state index contributed by atoms with van der Waals surface area (Å²) in [5, 5.41) is 3.71. The van der Waals surface area contributed by atoms with Gasteiger partial charge >= 0.3 is 0 Å². The van der Waals surface area contributed by atoms with Gasteiger partial charge in [-0.2, -0.15) is 0 Å². The lowest BCUT2D eigenvalue weighted by atomic mass is 10.1. The molecule has 2 heterocycles. The van der Waals surface area contributed by atoms with Crippen LogP contribution in [0.4, 0.5) is 0 Å². The molecule has 0 aliphatic carbocycles. The fraction of sp³-hybridized carbons (Fsp3) is 0.250. The molecule has 114 valence electrons. The van der Waals surface area contributed by atoms with Crippen LogP contribution in [0.15, 0.2) is 41.6 Å². The number of benzene rings is 1. The van der Waals surface area contributed by atoms with Crippen molar-refractivity contribution in [2.24, 2.45) is 0 Å². The van der Waals surface area contributed by atoms with Crippen molar-refractivity contribution in [2.75, 3.05) is 13.0 Å². The minimum Gasteiger partial charge on any atom is -0.454 e. The van der Waals surface area contributed by atoms with E-state index in [1.807, 2.05) is 31.4 Å². The van der Waals surface area contributed by atoms with Gasteiger partial charge in [-0.3, -0.25) is 4.79 Å². The van der Waals surface area contributed by atoms with Crippen molar-refractivity contribution < 1.29 is 14.3 Å². The highest BCUT2D eigenvalue weighted by molar-refractivity contribution is 7.98. The highest BCUT2D eigenvalue weighted by Gasteiger charge is 2.18. The van der Waals surface area contributed by atoms with E-state index in [2.05, 4.69) is 10.3 Å². The Bertz CT molecular complexity index is 706. The van der Waals surface area contributed by atoms with Gasteiger partial charge in [-0.25, -0.2) is 4.98 Å². The van der Waals surface area contributed by atoms with Crippen molar-refractivity contribution in [3.8, 4) is 11.5 Å². The third-order valence-corrected chi connectivity index (χ3v) is 4.17. The Labute approximate surface area is 133 Å². The van der Waals surface area contributed by atoms with Crippen molar-refractivity contribution in [3.05, 3.63) is 47.7 Å². The second kappa shape index (κ2) is 6.27. The maximum atomic E-state index is 12.4. The second-order valence-corrected chi connectivity index (χ2v) is 5.66. The summed E-state index contributed by atoms with van der Waals surface area (Å²) in [4.78, 5) is 16.6. The molecular formula is C16H16N2O3S. The second-order valence-electron chi connectivity index (χ2n) is 4.87. The molecule has 5 nitrogen and oxygen atoms in total. The van der Waals surface area contributed by atoms with Crippen LogP contribution >= 0.6 is 11.8 Å². The Balaban J connectivity index is 1.76. The molecule has 0 saturated heterocycles. The fourth-order valence-electron chi connectivity index (χ4n) is 2.27. The number of carbonyl (C=O) groups excluding carboxylic acids is 1. The number of thioether (sulfide) groups is 1. The molecule has 0 unspecified atom stereocenters. The molecule has 6 heteroatoms. The summed E-state index contributed by atoms with van der Waals surface area (Å²) in [6.45, 7) is 2.18. The molecule has 0 bridgehead atoms. The van der Waals surface area contributed by atoms with Crippen molar-refractivity contribution in [3.63, 3.8) is 0 Å². The smallest absolute Gasteiger partial charge is 0.254 e. The zero-order valence-corrected chi connectivity index (χ0v) is 13.1. The van der Waals surface area contributed by atoms with E-state index in [9.17, 15) is 4.79 Å². The first-order chi connectivity index (χ1) is 10.7. The van der Waals surface area contributed by atoms with E-state index in [0.29, 0.717) is 11.3 Å². The minimum atomic E-state index is -0.142. The quantitative estimate of drug-likeness (QED) is 0.879. The van der Waals surface area contributed by atoms with Crippen LogP contribution in [0.1, 0.15) is 28.9 Å². The molecule has 0 spiro atoms. The van der Waals surface area contributed by atoms with Gasteiger partial charge in [0.05, 0.1) is 11.6 Å². The first-order valence-electron chi connectivity index (χ1n) is 6.88. The van der Waals surface area contributed by atoms with Gasteiger partial charge < -0.3 is 14.8 Å². The Morgan fingerprint density at radius 2 is 2.14 bits per heavy atom. The largest absolute Gasteiger partial charge is 0.454 e. The van der Waals surface area contributed by atoms with Crippen LogP contribution in [-0.2, 0) is 0 Å². The van der Waals surface area contributed by atoms with Crippen molar-refractivity contribution in [1.29, 1.82) is 0 Å². The van der Waals surface area contributed by atoms with Gasteiger partial charge in [0.1, 0.15) is 5.03 Å². The minimum absolute atomic E-state index is 0.136. The number of aromatic nitrogens is 1. The molecule has 2 aromatic rings. The van der Waals surface area contributed by atoms with Crippen LogP contribution in [0.3, 0.4) is 0 Å². The average Bonchev–Trinajstić information content (AvgIpc) is 3.02. The Morgan fingerprint density at radius 1 is 1.32 bits per heavy atom. The predicted octanol–water partition coefficient (Wildman–Crippen LogP) is 3.02. The van der Waals surface area contributed by atoms with Gasteiger partial charge in [-0.05, 0) is 43.0 Å². The number of pyridine rings is 1. The van der Waals surface area contributed by atoms with E-state index in [-0.39, 0.29) is 18.7 Å². The lowest BCUT2D eigenvalue weighted by Crippen LogP contribution is -2.27. The zero-order valence-electron chi connectivity index (χ0n) is 12.3. The maximum Gasteiger partial charge on any atom is 0.254 e. The number of ether oxygens (including phenoxy) is 2. The summed E-state index contributed by atoms with van der Waals surface area (Å²) in [5.41, 5.74) is 1.55. The van der Waals surface area contributed by atoms with Gasteiger partial charge in [0, 0.05) is 6.20 Å². The first kappa shape index (κ1) is 14.7. The van der Waals surface area contributed by atoms with E-state index in [1.54, 1.807) is 18.3 Å². The van der Waals surface area contributed by atoms with Crippen molar-refractivity contribution in [2.45, 2.75) is 18.0 Å². The molecule has 0 fully saturated rings. The average molecular weight is 316 g/mol. The molecule has 0 saturated carbocycles. The van der Waals surface area contributed by atoms with Gasteiger partial charge in [-0.15, -0.1) is 11.8 Å². The molecule has 0 radical (unpaired) electrons. The summed E-state index contributed by atoms with van der Waals surface area (Å²) in [7, 11) is 0. The number of hydrogen-bond donors (Lipinski definition) is 1. The summed E-state index contributed by atoms with van der Waals surface area (Å²) < 4.78 is 10.7. The number of nitrogens with one attached hydrogen (secondary N) is 1. The summed E-state index contributed by atoms with van der Waals surface area (Å²) >= 11 is 1.45. The molecule has 22 heavy (non-hydrogen) atoms. The number of rotatable bonds is 4. The fourth-order valence-corrected chi connectivity index (χ4v) is 2.81.